The molecular formula is C17H20BrN3O3. The molecule has 128 valence electrons. The van der Waals surface area contributed by atoms with E-state index in [0.29, 0.717) is 15.7 Å². The van der Waals surface area contributed by atoms with Crippen molar-refractivity contribution >= 4 is 33.5 Å². The Morgan fingerprint density at radius 1 is 1.29 bits per heavy atom. The molecular weight excluding hydrogens is 374 g/mol. The van der Waals surface area contributed by atoms with Gasteiger partial charge in [-0.15, -0.1) is 0 Å². The highest BCUT2D eigenvalue weighted by atomic mass is 79.9. The summed E-state index contributed by atoms with van der Waals surface area (Å²) in [4.78, 5) is 24.3. The molecule has 0 aliphatic carbocycles. The molecule has 0 aliphatic rings. The molecule has 0 bridgehead atoms. The van der Waals surface area contributed by atoms with Crippen LogP contribution in [0, 0.1) is 13.8 Å². The average molecular weight is 394 g/mol. The number of ether oxygens (including phenoxy) is 1. The standard InChI is InChI=1S/C17H20BrN3O3/c1-8(2)14-13(18)15(21-20-14)16(22)19-11-6-9(3)10(4)12(7-11)17(23)24-5/h6-8H,1-5H3,(H,19,22)(H,20,21). The third kappa shape index (κ3) is 3.51. The molecule has 7 heteroatoms. The lowest BCUT2D eigenvalue weighted by Gasteiger charge is -2.11. The van der Waals surface area contributed by atoms with Crippen molar-refractivity contribution in [3.8, 4) is 0 Å². The fraction of sp³-hybridized carbons (Fsp3) is 0.353. The first kappa shape index (κ1) is 18.2. The van der Waals surface area contributed by atoms with Crippen molar-refractivity contribution in [2.24, 2.45) is 0 Å². The number of aryl methyl sites for hydroxylation is 1. The first-order valence-corrected chi connectivity index (χ1v) is 8.30. The van der Waals surface area contributed by atoms with Crippen LogP contribution in [0.4, 0.5) is 5.69 Å². The molecule has 1 amide bonds. The summed E-state index contributed by atoms with van der Waals surface area (Å²) >= 11 is 3.41. The number of nitrogens with zero attached hydrogens (tertiary/aromatic N) is 1. The van der Waals surface area contributed by atoms with E-state index in [1.165, 1.54) is 7.11 Å². The van der Waals surface area contributed by atoms with E-state index in [9.17, 15) is 9.59 Å². The van der Waals surface area contributed by atoms with E-state index in [0.717, 1.165) is 16.8 Å². The van der Waals surface area contributed by atoms with Gasteiger partial charge in [-0.1, -0.05) is 13.8 Å². The maximum atomic E-state index is 12.5. The fourth-order valence-corrected chi connectivity index (χ4v) is 3.13. The molecule has 1 aromatic heterocycles. The van der Waals surface area contributed by atoms with Crippen LogP contribution < -0.4 is 5.32 Å². The van der Waals surface area contributed by atoms with Gasteiger partial charge in [0.25, 0.3) is 5.91 Å². The van der Waals surface area contributed by atoms with Crippen molar-refractivity contribution in [1.29, 1.82) is 0 Å². The van der Waals surface area contributed by atoms with Crippen molar-refractivity contribution in [1.82, 2.24) is 10.2 Å². The zero-order valence-electron chi connectivity index (χ0n) is 14.3. The van der Waals surface area contributed by atoms with Crippen LogP contribution in [-0.2, 0) is 4.74 Å². The molecule has 2 rings (SSSR count). The molecule has 0 unspecified atom stereocenters. The van der Waals surface area contributed by atoms with E-state index in [2.05, 4.69) is 31.4 Å². The summed E-state index contributed by atoms with van der Waals surface area (Å²) in [6.07, 6.45) is 0. The monoisotopic (exact) mass is 393 g/mol. The maximum Gasteiger partial charge on any atom is 0.338 e. The van der Waals surface area contributed by atoms with Gasteiger partial charge in [0.1, 0.15) is 0 Å². The van der Waals surface area contributed by atoms with Gasteiger partial charge in [0, 0.05) is 5.69 Å². The highest BCUT2D eigenvalue weighted by molar-refractivity contribution is 9.10. The molecule has 2 aromatic rings. The van der Waals surface area contributed by atoms with Gasteiger partial charge in [-0.3, -0.25) is 9.89 Å². The van der Waals surface area contributed by atoms with Crippen LogP contribution >= 0.6 is 15.9 Å². The van der Waals surface area contributed by atoms with Gasteiger partial charge in [-0.2, -0.15) is 5.10 Å². The number of carbonyl (C=O) groups excluding carboxylic acids is 2. The number of hydrogen-bond acceptors (Lipinski definition) is 4. The Labute approximate surface area is 149 Å². The Balaban J connectivity index is 2.33. The minimum Gasteiger partial charge on any atom is -0.465 e. The summed E-state index contributed by atoms with van der Waals surface area (Å²) in [5, 5.41) is 9.72. The minimum atomic E-state index is -0.435. The molecule has 0 aliphatic heterocycles. The van der Waals surface area contributed by atoms with Crippen molar-refractivity contribution in [3.63, 3.8) is 0 Å². The fourth-order valence-electron chi connectivity index (χ4n) is 2.32. The molecule has 0 saturated carbocycles. The van der Waals surface area contributed by atoms with Crippen LogP contribution in [0.1, 0.15) is 57.4 Å². The molecule has 2 N–H and O–H groups in total. The second kappa shape index (κ2) is 7.17. The van der Waals surface area contributed by atoms with E-state index in [1.807, 2.05) is 33.8 Å². The summed E-state index contributed by atoms with van der Waals surface area (Å²) in [6.45, 7) is 7.73. The van der Waals surface area contributed by atoms with Gasteiger partial charge < -0.3 is 10.1 Å². The van der Waals surface area contributed by atoms with Crippen LogP contribution in [0.5, 0.6) is 0 Å². The number of halogens is 1. The molecule has 1 aromatic carbocycles. The third-order valence-electron chi connectivity index (χ3n) is 3.86. The Hall–Kier alpha value is -2.15. The van der Waals surface area contributed by atoms with Crippen LogP contribution in [-0.4, -0.2) is 29.2 Å². The smallest absolute Gasteiger partial charge is 0.338 e. The highest BCUT2D eigenvalue weighted by Gasteiger charge is 2.20. The normalized spacial score (nSPS) is 10.8. The lowest BCUT2D eigenvalue weighted by molar-refractivity contribution is 0.0599. The van der Waals surface area contributed by atoms with Gasteiger partial charge in [0.15, 0.2) is 5.69 Å². The average Bonchev–Trinajstić information content (AvgIpc) is 2.91. The van der Waals surface area contributed by atoms with Gasteiger partial charge in [-0.05, 0) is 59.0 Å². The molecule has 0 spiro atoms. The number of H-pyrrole nitrogens is 1. The Morgan fingerprint density at radius 2 is 1.96 bits per heavy atom. The zero-order chi connectivity index (χ0) is 18.0. The van der Waals surface area contributed by atoms with Crippen LogP contribution in [0.2, 0.25) is 0 Å². The number of nitrogens with one attached hydrogen (secondary N) is 2. The zero-order valence-corrected chi connectivity index (χ0v) is 15.9. The SMILES string of the molecule is COC(=O)c1cc(NC(=O)c2n[nH]c(C(C)C)c2Br)cc(C)c1C. The summed E-state index contributed by atoms with van der Waals surface area (Å²) in [5.41, 5.74) is 3.79. The summed E-state index contributed by atoms with van der Waals surface area (Å²) in [5.74, 6) is -0.584. The number of hydrogen-bond donors (Lipinski definition) is 2. The Kier molecular flexibility index (Phi) is 5.43. The molecule has 0 atom stereocenters. The minimum absolute atomic E-state index is 0.209. The number of rotatable bonds is 4. The van der Waals surface area contributed by atoms with Gasteiger partial charge >= 0.3 is 5.97 Å². The lowest BCUT2D eigenvalue weighted by atomic mass is 10.0. The predicted octanol–water partition coefficient (Wildman–Crippen LogP) is 3.95. The molecule has 0 fully saturated rings. The van der Waals surface area contributed by atoms with Crippen molar-refractivity contribution < 1.29 is 14.3 Å². The molecule has 1 heterocycles. The van der Waals surface area contributed by atoms with E-state index in [1.54, 1.807) is 6.07 Å². The number of esters is 1. The molecule has 24 heavy (non-hydrogen) atoms. The van der Waals surface area contributed by atoms with E-state index >= 15 is 0 Å². The topological polar surface area (TPSA) is 84.1 Å². The van der Waals surface area contributed by atoms with Crippen molar-refractivity contribution in [2.45, 2.75) is 33.6 Å². The van der Waals surface area contributed by atoms with E-state index in [4.69, 9.17) is 4.74 Å². The number of benzene rings is 1. The van der Waals surface area contributed by atoms with Crippen LogP contribution in [0.3, 0.4) is 0 Å². The van der Waals surface area contributed by atoms with Gasteiger partial charge in [-0.25, -0.2) is 4.79 Å². The summed E-state index contributed by atoms with van der Waals surface area (Å²) in [7, 11) is 1.33. The molecule has 6 nitrogen and oxygen atoms in total. The highest BCUT2D eigenvalue weighted by Crippen LogP contribution is 2.27. The Morgan fingerprint density at radius 3 is 2.50 bits per heavy atom. The Bertz CT molecular complexity index is 797. The summed E-state index contributed by atoms with van der Waals surface area (Å²) < 4.78 is 5.43. The molecule has 0 saturated heterocycles. The van der Waals surface area contributed by atoms with Crippen LogP contribution in [0.15, 0.2) is 16.6 Å². The summed E-state index contributed by atoms with van der Waals surface area (Å²) in [6, 6.07) is 3.42. The number of aromatic amines is 1. The number of carbonyl (C=O) groups is 2. The van der Waals surface area contributed by atoms with Crippen LogP contribution in [0.25, 0.3) is 0 Å². The first-order valence-electron chi connectivity index (χ1n) is 7.50. The maximum absolute atomic E-state index is 12.5. The quantitative estimate of drug-likeness (QED) is 0.770. The predicted molar refractivity (Wildman–Crippen MR) is 95.6 cm³/mol. The molecule has 0 radical (unpaired) electrons. The van der Waals surface area contributed by atoms with E-state index in [-0.39, 0.29) is 17.5 Å². The number of aromatic nitrogens is 2. The van der Waals surface area contributed by atoms with E-state index < -0.39 is 5.97 Å². The van der Waals surface area contributed by atoms with Crippen molar-refractivity contribution in [2.75, 3.05) is 12.4 Å². The van der Waals surface area contributed by atoms with Gasteiger partial charge in [0.2, 0.25) is 0 Å². The van der Waals surface area contributed by atoms with Crippen molar-refractivity contribution in [3.05, 3.63) is 44.7 Å². The second-order valence-corrected chi connectivity index (χ2v) is 6.66. The second-order valence-electron chi connectivity index (χ2n) is 5.87. The number of anilines is 1. The van der Waals surface area contributed by atoms with Gasteiger partial charge in [0.05, 0.1) is 22.8 Å². The first-order chi connectivity index (χ1) is 11.3. The number of methoxy groups -OCH3 is 1. The lowest BCUT2D eigenvalue weighted by Crippen LogP contribution is -2.14. The largest absolute Gasteiger partial charge is 0.465 e. The number of amides is 1. The third-order valence-corrected chi connectivity index (χ3v) is 4.66.